The van der Waals surface area contributed by atoms with Crippen LogP contribution in [0.15, 0.2) is 54.6 Å². The van der Waals surface area contributed by atoms with E-state index in [4.69, 9.17) is 4.74 Å². The van der Waals surface area contributed by atoms with Crippen molar-refractivity contribution in [2.75, 3.05) is 7.11 Å². The number of carbonyl (C=O) groups excluding carboxylic acids is 1. The molecule has 0 aliphatic heterocycles. The monoisotopic (exact) mass is 282 g/mol. The van der Waals surface area contributed by atoms with E-state index in [0.29, 0.717) is 18.4 Å². The molecule has 2 atom stereocenters. The van der Waals surface area contributed by atoms with Gasteiger partial charge in [0.1, 0.15) is 5.75 Å². The van der Waals surface area contributed by atoms with Crippen molar-refractivity contribution in [3.05, 3.63) is 65.7 Å². The highest BCUT2D eigenvalue weighted by Crippen LogP contribution is 2.54. The van der Waals surface area contributed by atoms with Crippen molar-refractivity contribution in [3.8, 4) is 5.75 Å². The van der Waals surface area contributed by atoms with Crippen LogP contribution in [0.5, 0.6) is 5.75 Å². The minimum atomic E-state index is -0.830. The average molecular weight is 282 g/mol. The van der Waals surface area contributed by atoms with Gasteiger partial charge in [-0.1, -0.05) is 30.3 Å². The summed E-state index contributed by atoms with van der Waals surface area (Å²) in [7, 11) is 1.60. The number of rotatable bonds is 5. The number of methoxy groups -OCH3 is 1. The number of aliphatic hydroxyl groups is 1. The zero-order valence-electron chi connectivity index (χ0n) is 12.0. The second kappa shape index (κ2) is 5.34. The quantitative estimate of drug-likeness (QED) is 0.857. The number of hydrogen-bond donors (Lipinski definition) is 1. The molecular formula is C18H18O3. The van der Waals surface area contributed by atoms with Gasteiger partial charge in [0.15, 0.2) is 5.78 Å². The van der Waals surface area contributed by atoms with Crippen molar-refractivity contribution in [2.24, 2.45) is 5.92 Å². The van der Waals surface area contributed by atoms with E-state index in [9.17, 15) is 9.90 Å². The minimum absolute atomic E-state index is 0.00880. The van der Waals surface area contributed by atoms with Gasteiger partial charge in [-0.05, 0) is 36.2 Å². The summed E-state index contributed by atoms with van der Waals surface area (Å²) in [5, 5.41) is 10.6. The normalized spacial score (nSPS) is 23.6. The van der Waals surface area contributed by atoms with Gasteiger partial charge in [-0.25, -0.2) is 0 Å². The maximum atomic E-state index is 12.3. The van der Waals surface area contributed by atoms with Crippen molar-refractivity contribution < 1.29 is 14.6 Å². The van der Waals surface area contributed by atoms with E-state index in [1.165, 1.54) is 0 Å². The van der Waals surface area contributed by atoms with Gasteiger partial charge in [0.25, 0.3) is 0 Å². The first-order valence-electron chi connectivity index (χ1n) is 7.08. The Labute approximate surface area is 124 Å². The summed E-state index contributed by atoms with van der Waals surface area (Å²) in [6.07, 6.45) is 1.02. The van der Waals surface area contributed by atoms with Crippen molar-refractivity contribution in [1.29, 1.82) is 0 Å². The van der Waals surface area contributed by atoms with E-state index in [0.717, 1.165) is 11.3 Å². The zero-order valence-corrected chi connectivity index (χ0v) is 12.0. The summed E-state index contributed by atoms with van der Waals surface area (Å²) in [4.78, 5) is 12.3. The lowest BCUT2D eigenvalue weighted by Gasteiger charge is -2.10. The molecule has 1 aliphatic rings. The fourth-order valence-corrected chi connectivity index (χ4v) is 2.76. The molecular weight excluding hydrogens is 264 g/mol. The van der Waals surface area contributed by atoms with Gasteiger partial charge < -0.3 is 9.84 Å². The van der Waals surface area contributed by atoms with Crippen LogP contribution < -0.4 is 4.74 Å². The molecule has 0 bridgehead atoms. The Morgan fingerprint density at radius 1 is 1.19 bits per heavy atom. The Balaban J connectivity index is 1.67. The van der Waals surface area contributed by atoms with Crippen molar-refractivity contribution in [1.82, 2.24) is 0 Å². The predicted octanol–water partition coefficient (Wildman–Crippen LogP) is 3.18. The molecule has 0 aromatic heterocycles. The number of carbonyl (C=O) groups is 1. The maximum Gasteiger partial charge on any atom is 0.163 e. The van der Waals surface area contributed by atoms with E-state index < -0.39 is 5.60 Å². The fourth-order valence-electron chi connectivity index (χ4n) is 2.76. The molecule has 3 rings (SSSR count). The van der Waals surface area contributed by atoms with Crippen molar-refractivity contribution in [3.63, 3.8) is 0 Å². The third-order valence-corrected chi connectivity index (χ3v) is 4.19. The van der Waals surface area contributed by atoms with Gasteiger partial charge in [-0.2, -0.15) is 0 Å². The average Bonchev–Trinajstić information content (AvgIpc) is 3.19. The van der Waals surface area contributed by atoms with Crippen LogP contribution >= 0.6 is 0 Å². The number of ether oxygens (including phenoxy) is 1. The Morgan fingerprint density at radius 3 is 2.48 bits per heavy atom. The van der Waals surface area contributed by atoms with Gasteiger partial charge in [0.2, 0.25) is 0 Å². The lowest BCUT2D eigenvalue weighted by atomic mass is 10.0. The third kappa shape index (κ3) is 2.69. The molecule has 2 aromatic rings. The predicted molar refractivity (Wildman–Crippen MR) is 80.4 cm³/mol. The molecule has 3 nitrogen and oxygen atoms in total. The van der Waals surface area contributed by atoms with Gasteiger partial charge in [0.05, 0.1) is 12.7 Å². The Bertz CT molecular complexity index is 633. The van der Waals surface area contributed by atoms with Gasteiger partial charge in [-0.3, -0.25) is 4.79 Å². The molecule has 2 aromatic carbocycles. The highest BCUT2D eigenvalue weighted by Gasteiger charge is 2.54. The van der Waals surface area contributed by atoms with E-state index in [-0.39, 0.29) is 11.7 Å². The van der Waals surface area contributed by atoms with Gasteiger partial charge >= 0.3 is 0 Å². The lowest BCUT2D eigenvalue weighted by molar-refractivity contribution is 0.0921. The molecule has 1 aliphatic carbocycles. The molecule has 0 spiro atoms. The molecule has 1 N–H and O–H groups in total. The number of ketones is 1. The maximum absolute atomic E-state index is 12.3. The van der Waals surface area contributed by atoms with Crippen LogP contribution in [0.1, 0.15) is 28.8 Å². The molecule has 21 heavy (non-hydrogen) atoms. The molecule has 0 amide bonds. The smallest absolute Gasteiger partial charge is 0.163 e. The fraction of sp³-hybridized carbons (Fsp3) is 0.278. The number of hydrogen-bond acceptors (Lipinski definition) is 3. The third-order valence-electron chi connectivity index (χ3n) is 4.19. The Hall–Kier alpha value is -2.13. The topological polar surface area (TPSA) is 46.5 Å². The summed E-state index contributed by atoms with van der Waals surface area (Å²) in [5.41, 5.74) is 0.735. The molecule has 1 fully saturated rings. The van der Waals surface area contributed by atoms with Crippen molar-refractivity contribution >= 4 is 5.78 Å². The molecule has 0 radical (unpaired) electrons. The zero-order chi connectivity index (χ0) is 14.9. The second-order valence-corrected chi connectivity index (χ2v) is 5.55. The molecule has 108 valence electrons. The van der Waals surface area contributed by atoms with Gasteiger partial charge in [-0.15, -0.1) is 0 Å². The summed E-state index contributed by atoms with van der Waals surface area (Å²) in [6, 6.07) is 16.7. The number of Topliss-reactive ketones (excluding diaryl/α,β-unsaturated/α-hetero) is 1. The van der Waals surface area contributed by atoms with E-state index in [2.05, 4.69) is 0 Å². The van der Waals surface area contributed by atoms with E-state index in [1.807, 2.05) is 30.3 Å². The largest absolute Gasteiger partial charge is 0.497 e. The Kier molecular flexibility index (Phi) is 3.52. The van der Waals surface area contributed by atoms with E-state index in [1.54, 1.807) is 31.4 Å². The van der Waals surface area contributed by atoms with Gasteiger partial charge in [0, 0.05) is 17.9 Å². The molecule has 0 unspecified atom stereocenters. The van der Waals surface area contributed by atoms with Crippen LogP contribution in [0.25, 0.3) is 0 Å². The SMILES string of the molecule is COc1ccc(C(=O)C[C@H]2C[C@]2(O)c2ccccc2)cc1. The van der Waals surface area contributed by atoms with Crippen LogP contribution in [0, 0.1) is 5.92 Å². The molecule has 3 heteroatoms. The second-order valence-electron chi connectivity index (χ2n) is 5.55. The molecule has 0 saturated heterocycles. The lowest BCUT2D eigenvalue weighted by Crippen LogP contribution is -2.11. The Morgan fingerprint density at radius 2 is 1.86 bits per heavy atom. The van der Waals surface area contributed by atoms with Crippen LogP contribution in [0.3, 0.4) is 0 Å². The summed E-state index contributed by atoms with van der Waals surface area (Å²) in [6.45, 7) is 0. The summed E-state index contributed by atoms with van der Waals surface area (Å²) < 4.78 is 5.08. The summed E-state index contributed by atoms with van der Waals surface area (Å²) >= 11 is 0. The van der Waals surface area contributed by atoms with Crippen LogP contribution in [-0.4, -0.2) is 18.0 Å². The van der Waals surface area contributed by atoms with Crippen molar-refractivity contribution in [2.45, 2.75) is 18.4 Å². The molecule has 0 heterocycles. The molecule has 1 saturated carbocycles. The highest BCUT2D eigenvalue weighted by molar-refractivity contribution is 5.96. The highest BCUT2D eigenvalue weighted by atomic mass is 16.5. The number of benzene rings is 2. The first-order chi connectivity index (χ1) is 10.1. The minimum Gasteiger partial charge on any atom is -0.497 e. The standard InChI is InChI=1S/C18H18O3/c1-21-16-9-7-13(8-10-16)17(19)11-15-12-18(15,20)14-5-3-2-4-6-14/h2-10,15,20H,11-12H2,1H3/t15-,18-/m0/s1. The van der Waals surface area contributed by atoms with Crippen LogP contribution in [-0.2, 0) is 5.60 Å². The first-order valence-corrected chi connectivity index (χ1v) is 7.08. The van der Waals surface area contributed by atoms with Crippen LogP contribution in [0.4, 0.5) is 0 Å². The first kappa shape index (κ1) is 13.8. The summed E-state index contributed by atoms with van der Waals surface area (Å²) in [5.74, 6) is 0.808. The van der Waals surface area contributed by atoms with Crippen LogP contribution in [0.2, 0.25) is 0 Å². The van der Waals surface area contributed by atoms with E-state index >= 15 is 0 Å².